The number of anilines is 1. The van der Waals surface area contributed by atoms with E-state index in [2.05, 4.69) is 15.2 Å². The van der Waals surface area contributed by atoms with Crippen molar-refractivity contribution in [3.05, 3.63) is 36.2 Å². The molecule has 14 heavy (non-hydrogen) atoms. The average Bonchev–Trinajstić information content (AvgIpc) is 2.63. The highest BCUT2D eigenvalue weighted by Crippen LogP contribution is 2.09. The summed E-state index contributed by atoms with van der Waals surface area (Å²) in [5.41, 5.74) is 5.34. The smallest absolute Gasteiger partial charge is 0.239 e. The number of para-hydroxylation sites is 1. The molecule has 1 heterocycles. The summed E-state index contributed by atoms with van der Waals surface area (Å²) in [6, 6.07) is 9.49. The molecular formula is C9H10N4O. The summed E-state index contributed by atoms with van der Waals surface area (Å²) in [4.78, 5) is 3.91. The summed E-state index contributed by atoms with van der Waals surface area (Å²) in [5.74, 6) is 1.64. The van der Waals surface area contributed by atoms with Crippen LogP contribution < -0.4 is 10.5 Å². The van der Waals surface area contributed by atoms with E-state index in [0.717, 1.165) is 5.75 Å². The van der Waals surface area contributed by atoms with Gasteiger partial charge in [-0.3, -0.25) is 5.10 Å². The number of hydrogen-bond donors (Lipinski definition) is 2. The molecule has 0 amide bonds. The molecule has 0 fully saturated rings. The Balaban J connectivity index is 1.95. The molecule has 0 bridgehead atoms. The van der Waals surface area contributed by atoms with Crippen molar-refractivity contribution in [2.75, 3.05) is 5.73 Å². The first-order valence-corrected chi connectivity index (χ1v) is 4.19. The summed E-state index contributed by atoms with van der Waals surface area (Å²) in [5, 5.41) is 6.36. The zero-order valence-corrected chi connectivity index (χ0v) is 7.47. The molecule has 0 unspecified atom stereocenters. The third-order valence-corrected chi connectivity index (χ3v) is 1.67. The highest BCUT2D eigenvalue weighted by molar-refractivity contribution is 5.21. The number of nitrogens with one attached hydrogen (secondary N) is 1. The molecule has 0 aliphatic rings. The molecule has 0 radical (unpaired) electrons. The van der Waals surface area contributed by atoms with Gasteiger partial charge in [0.25, 0.3) is 0 Å². The van der Waals surface area contributed by atoms with Crippen LogP contribution in [0, 0.1) is 0 Å². The molecule has 0 saturated heterocycles. The molecule has 0 saturated carbocycles. The Morgan fingerprint density at radius 2 is 2.07 bits per heavy atom. The first-order valence-electron chi connectivity index (χ1n) is 4.19. The van der Waals surface area contributed by atoms with Crippen LogP contribution in [-0.2, 0) is 6.61 Å². The lowest BCUT2D eigenvalue weighted by molar-refractivity contribution is 0.296. The van der Waals surface area contributed by atoms with Crippen LogP contribution in [0.1, 0.15) is 5.82 Å². The molecule has 72 valence electrons. The minimum absolute atomic E-state index is 0.233. The second-order valence-electron chi connectivity index (χ2n) is 2.74. The fraction of sp³-hybridized carbons (Fsp3) is 0.111. The van der Waals surface area contributed by atoms with Crippen LogP contribution in [0.4, 0.5) is 5.95 Å². The summed E-state index contributed by atoms with van der Waals surface area (Å²) in [6.07, 6.45) is 0. The SMILES string of the molecule is Nc1n[nH]c(COc2ccccc2)n1. The second kappa shape index (κ2) is 3.78. The van der Waals surface area contributed by atoms with E-state index in [1.807, 2.05) is 30.3 Å². The molecule has 1 aromatic heterocycles. The van der Waals surface area contributed by atoms with Crippen LogP contribution in [0.5, 0.6) is 5.75 Å². The predicted octanol–water partition coefficient (Wildman–Crippen LogP) is 0.966. The minimum Gasteiger partial charge on any atom is -0.486 e. The van der Waals surface area contributed by atoms with E-state index in [1.165, 1.54) is 0 Å². The maximum Gasteiger partial charge on any atom is 0.239 e. The fourth-order valence-electron chi connectivity index (χ4n) is 1.04. The highest BCUT2D eigenvalue weighted by atomic mass is 16.5. The van der Waals surface area contributed by atoms with Crippen molar-refractivity contribution in [2.24, 2.45) is 0 Å². The maximum atomic E-state index is 5.42. The van der Waals surface area contributed by atoms with Gasteiger partial charge in [0.05, 0.1) is 0 Å². The molecule has 5 heteroatoms. The summed E-state index contributed by atoms with van der Waals surface area (Å²) in [7, 11) is 0. The van der Waals surface area contributed by atoms with Crippen molar-refractivity contribution in [3.8, 4) is 5.75 Å². The van der Waals surface area contributed by atoms with Gasteiger partial charge in [-0.1, -0.05) is 18.2 Å². The third-order valence-electron chi connectivity index (χ3n) is 1.67. The molecule has 0 atom stereocenters. The molecule has 0 spiro atoms. The van der Waals surface area contributed by atoms with Crippen LogP contribution in [0.2, 0.25) is 0 Å². The van der Waals surface area contributed by atoms with Crippen molar-refractivity contribution in [1.82, 2.24) is 15.2 Å². The first kappa shape index (κ1) is 8.55. The molecule has 3 N–H and O–H groups in total. The van der Waals surface area contributed by atoms with Gasteiger partial charge in [-0.2, -0.15) is 4.98 Å². The van der Waals surface area contributed by atoms with Gasteiger partial charge < -0.3 is 10.5 Å². The number of nitrogen functional groups attached to an aromatic ring is 1. The van der Waals surface area contributed by atoms with E-state index in [0.29, 0.717) is 12.4 Å². The van der Waals surface area contributed by atoms with Crippen molar-refractivity contribution >= 4 is 5.95 Å². The Labute approximate surface area is 80.9 Å². The van der Waals surface area contributed by atoms with E-state index in [-0.39, 0.29) is 5.95 Å². The average molecular weight is 190 g/mol. The summed E-state index contributed by atoms with van der Waals surface area (Å²) >= 11 is 0. The van der Waals surface area contributed by atoms with Gasteiger partial charge in [0.15, 0.2) is 5.82 Å². The molecule has 0 aliphatic carbocycles. The number of aromatic amines is 1. The predicted molar refractivity (Wildman–Crippen MR) is 51.6 cm³/mol. The topological polar surface area (TPSA) is 76.8 Å². The van der Waals surface area contributed by atoms with E-state index in [1.54, 1.807) is 0 Å². The first-order chi connectivity index (χ1) is 6.84. The zero-order valence-electron chi connectivity index (χ0n) is 7.47. The monoisotopic (exact) mass is 190 g/mol. The van der Waals surface area contributed by atoms with Gasteiger partial charge in [0.1, 0.15) is 12.4 Å². The van der Waals surface area contributed by atoms with Gasteiger partial charge in [-0.05, 0) is 12.1 Å². The largest absolute Gasteiger partial charge is 0.486 e. The van der Waals surface area contributed by atoms with E-state index >= 15 is 0 Å². The van der Waals surface area contributed by atoms with Gasteiger partial charge >= 0.3 is 0 Å². The molecule has 0 aliphatic heterocycles. The lowest BCUT2D eigenvalue weighted by atomic mass is 10.3. The quantitative estimate of drug-likeness (QED) is 0.755. The number of nitrogens with two attached hydrogens (primary N) is 1. The van der Waals surface area contributed by atoms with Crippen LogP contribution in [-0.4, -0.2) is 15.2 Å². The van der Waals surface area contributed by atoms with E-state index < -0.39 is 0 Å². The number of ether oxygens (including phenoxy) is 1. The standard InChI is InChI=1S/C9H10N4O/c10-9-11-8(12-13-9)6-14-7-4-2-1-3-5-7/h1-5H,6H2,(H3,10,11,12,13). The summed E-state index contributed by atoms with van der Waals surface area (Å²) in [6.45, 7) is 0.341. The van der Waals surface area contributed by atoms with Gasteiger partial charge in [-0.25, -0.2) is 0 Å². The number of rotatable bonds is 3. The van der Waals surface area contributed by atoms with Crippen LogP contribution in [0.15, 0.2) is 30.3 Å². The zero-order chi connectivity index (χ0) is 9.80. The van der Waals surface area contributed by atoms with Crippen LogP contribution in [0.3, 0.4) is 0 Å². The molecule has 5 nitrogen and oxygen atoms in total. The molecule has 2 aromatic rings. The van der Waals surface area contributed by atoms with Gasteiger partial charge in [-0.15, -0.1) is 5.10 Å². The van der Waals surface area contributed by atoms with Gasteiger partial charge in [0, 0.05) is 0 Å². The van der Waals surface area contributed by atoms with Crippen molar-refractivity contribution in [1.29, 1.82) is 0 Å². The van der Waals surface area contributed by atoms with Crippen LogP contribution >= 0.6 is 0 Å². The van der Waals surface area contributed by atoms with Crippen LogP contribution in [0.25, 0.3) is 0 Å². The molecular weight excluding hydrogens is 180 g/mol. The Morgan fingerprint density at radius 1 is 1.29 bits per heavy atom. The number of hydrogen-bond acceptors (Lipinski definition) is 4. The highest BCUT2D eigenvalue weighted by Gasteiger charge is 1.99. The normalized spacial score (nSPS) is 10.0. The number of benzene rings is 1. The molecule has 1 aromatic carbocycles. The summed E-state index contributed by atoms with van der Waals surface area (Å²) < 4.78 is 5.42. The maximum absolute atomic E-state index is 5.42. The number of aromatic nitrogens is 3. The lowest BCUT2D eigenvalue weighted by Gasteiger charge is -2.01. The van der Waals surface area contributed by atoms with Gasteiger partial charge in [0.2, 0.25) is 5.95 Å². The van der Waals surface area contributed by atoms with Crippen molar-refractivity contribution in [2.45, 2.75) is 6.61 Å². The number of nitrogens with zero attached hydrogens (tertiary/aromatic N) is 2. The number of H-pyrrole nitrogens is 1. The Kier molecular flexibility index (Phi) is 2.31. The molecule has 2 rings (SSSR count). The second-order valence-corrected chi connectivity index (χ2v) is 2.74. The van der Waals surface area contributed by atoms with Crippen molar-refractivity contribution in [3.63, 3.8) is 0 Å². The Hall–Kier alpha value is -2.04. The Bertz CT molecular complexity index is 398. The third kappa shape index (κ3) is 2.01. The van der Waals surface area contributed by atoms with Crippen molar-refractivity contribution < 1.29 is 4.74 Å². The van der Waals surface area contributed by atoms with E-state index in [9.17, 15) is 0 Å². The lowest BCUT2D eigenvalue weighted by Crippen LogP contribution is -1.97. The Morgan fingerprint density at radius 3 is 2.71 bits per heavy atom. The minimum atomic E-state index is 0.233. The fourth-order valence-corrected chi connectivity index (χ4v) is 1.04. The van der Waals surface area contributed by atoms with E-state index in [4.69, 9.17) is 10.5 Å².